The Kier molecular flexibility index (Phi) is 5.43. The number of nitrogens with one attached hydrogen (secondary N) is 1. The number of amides is 2. The van der Waals surface area contributed by atoms with Crippen LogP contribution in [0.25, 0.3) is 0 Å². The summed E-state index contributed by atoms with van der Waals surface area (Å²) >= 11 is 1.51. The number of hydrogen-bond acceptors (Lipinski definition) is 3. The topological polar surface area (TPSA) is 72.2 Å². The Bertz CT molecular complexity index is 860. The Hall–Kier alpha value is -2.14. The van der Waals surface area contributed by atoms with E-state index in [4.69, 9.17) is 5.73 Å². The van der Waals surface area contributed by atoms with Crippen LogP contribution in [0.4, 0.5) is 5.00 Å². The van der Waals surface area contributed by atoms with Gasteiger partial charge in [-0.3, -0.25) is 9.59 Å². The predicted molar refractivity (Wildman–Crippen MR) is 112 cm³/mol. The van der Waals surface area contributed by atoms with Gasteiger partial charge in [0.05, 0.1) is 5.56 Å². The molecule has 3 rings (SSSR count). The minimum Gasteiger partial charge on any atom is -0.365 e. The van der Waals surface area contributed by atoms with E-state index in [0.717, 1.165) is 31.2 Å². The van der Waals surface area contributed by atoms with Crippen LogP contribution in [0.5, 0.6) is 0 Å². The normalized spacial score (nSPS) is 16.7. The highest BCUT2D eigenvalue weighted by Crippen LogP contribution is 2.44. The first-order valence-electron chi connectivity index (χ1n) is 9.55. The highest BCUT2D eigenvalue weighted by atomic mass is 32.1. The summed E-state index contributed by atoms with van der Waals surface area (Å²) in [6.45, 7) is 8.85. The largest absolute Gasteiger partial charge is 0.365 e. The van der Waals surface area contributed by atoms with Gasteiger partial charge in [0.15, 0.2) is 0 Å². The van der Waals surface area contributed by atoms with Crippen LogP contribution in [0.15, 0.2) is 24.3 Å². The smallest absolute Gasteiger partial charge is 0.256 e. The number of nitrogens with two attached hydrogens (primary N) is 1. The van der Waals surface area contributed by atoms with Crippen molar-refractivity contribution in [3.63, 3.8) is 0 Å². The Morgan fingerprint density at radius 2 is 1.89 bits per heavy atom. The summed E-state index contributed by atoms with van der Waals surface area (Å²) < 4.78 is 0. The molecule has 0 fully saturated rings. The van der Waals surface area contributed by atoms with E-state index in [1.165, 1.54) is 21.8 Å². The Morgan fingerprint density at radius 3 is 2.44 bits per heavy atom. The molecule has 0 saturated carbocycles. The molecule has 0 radical (unpaired) electrons. The summed E-state index contributed by atoms with van der Waals surface area (Å²) in [5, 5.41) is 3.52. The van der Waals surface area contributed by atoms with Crippen LogP contribution in [-0.2, 0) is 19.3 Å². The lowest BCUT2D eigenvalue weighted by Gasteiger charge is -2.33. The predicted octanol–water partition coefficient (Wildman–Crippen LogP) is 4.81. The van der Waals surface area contributed by atoms with Gasteiger partial charge in [-0.2, -0.15) is 0 Å². The van der Waals surface area contributed by atoms with E-state index in [9.17, 15) is 9.59 Å². The van der Waals surface area contributed by atoms with Crippen molar-refractivity contribution in [2.45, 2.75) is 53.4 Å². The maximum Gasteiger partial charge on any atom is 0.256 e. The summed E-state index contributed by atoms with van der Waals surface area (Å²) in [5.74, 6) is -0.0982. The van der Waals surface area contributed by atoms with Crippen molar-refractivity contribution in [1.82, 2.24) is 0 Å². The first kappa shape index (κ1) is 19.6. The standard InChI is InChI=1S/C22H28N2O2S/c1-5-13-6-8-14(9-7-13)20(26)24-21-18(19(23)25)16-11-10-15(22(2,3)4)12-17(16)27-21/h6-9,15H,5,10-12H2,1-4H3,(H2,23,25)(H,24,26)/t15-/m1/s1. The number of rotatable bonds is 4. The molecular formula is C22H28N2O2S. The van der Waals surface area contributed by atoms with E-state index in [2.05, 4.69) is 33.0 Å². The average Bonchev–Trinajstić information content (AvgIpc) is 2.98. The number of thiophene rings is 1. The lowest BCUT2D eigenvalue weighted by molar-refractivity contribution is 0.1000. The molecular weight excluding hydrogens is 356 g/mol. The maximum atomic E-state index is 12.7. The first-order valence-corrected chi connectivity index (χ1v) is 10.4. The number of primary amides is 1. The van der Waals surface area contributed by atoms with Crippen molar-refractivity contribution in [1.29, 1.82) is 0 Å². The Balaban J connectivity index is 1.88. The van der Waals surface area contributed by atoms with E-state index in [1.807, 2.05) is 24.3 Å². The Morgan fingerprint density at radius 1 is 1.22 bits per heavy atom. The summed E-state index contributed by atoms with van der Waals surface area (Å²) in [6, 6.07) is 7.55. The van der Waals surface area contributed by atoms with Gasteiger partial charge in [0.1, 0.15) is 5.00 Å². The first-order chi connectivity index (χ1) is 12.7. The number of aryl methyl sites for hydroxylation is 1. The summed E-state index contributed by atoms with van der Waals surface area (Å²) in [4.78, 5) is 26.0. The molecule has 3 N–H and O–H groups in total. The fourth-order valence-corrected chi connectivity index (χ4v) is 5.07. The van der Waals surface area contributed by atoms with Crippen molar-refractivity contribution in [2.75, 3.05) is 5.32 Å². The van der Waals surface area contributed by atoms with Gasteiger partial charge in [0, 0.05) is 10.4 Å². The van der Waals surface area contributed by atoms with Gasteiger partial charge in [0.2, 0.25) is 0 Å². The number of hydrogen-bond donors (Lipinski definition) is 2. The molecule has 144 valence electrons. The average molecular weight is 385 g/mol. The number of fused-ring (bicyclic) bond motifs is 1. The van der Waals surface area contributed by atoms with Crippen LogP contribution in [0.2, 0.25) is 0 Å². The highest BCUT2D eigenvalue weighted by molar-refractivity contribution is 7.17. The van der Waals surface area contributed by atoms with Crippen molar-refractivity contribution in [2.24, 2.45) is 17.1 Å². The zero-order valence-corrected chi connectivity index (χ0v) is 17.3. The fraction of sp³-hybridized carbons (Fsp3) is 0.455. The van der Waals surface area contributed by atoms with Crippen LogP contribution in [-0.4, -0.2) is 11.8 Å². The van der Waals surface area contributed by atoms with Crippen molar-refractivity contribution < 1.29 is 9.59 Å². The molecule has 5 heteroatoms. The van der Waals surface area contributed by atoms with Gasteiger partial charge in [-0.05, 0) is 60.3 Å². The van der Waals surface area contributed by atoms with Crippen LogP contribution < -0.4 is 11.1 Å². The van der Waals surface area contributed by atoms with Crippen LogP contribution in [0.3, 0.4) is 0 Å². The Labute approximate surface area is 165 Å². The van der Waals surface area contributed by atoms with Gasteiger partial charge in [-0.15, -0.1) is 11.3 Å². The molecule has 0 unspecified atom stereocenters. The van der Waals surface area contributed by atoms with E-state index < -0.39 is 5.91 Å². The molecule has 2 amide bonds. The van der Waals surface area contributed by atoms with Crippen molar-refractivity contribution >= 4 is 28.2 Å². The second-order valence-electron chi connectivity index (χ2n) is 8.38. The molecule has 2 aromatic rings. The zero-order valence-electron chi connectivity index (χ0n) is 16.5. The fourth-order valence-electron chi connectivity index (χ4n) is 3.74. The second-order valence-corrected chi connectivity index (χ2v) is 9.49. The lowest BCUT2D eigenvalue weighted by atomic mass is 9.72. The lowest BCUT2D eigenvalue weighted by Crippen LogP contribution is -2.27. The molecule has 1 aliphatic rings. The van der Waals surface area contributed by atoms with Gasteiger partial charge in [-0.1, -0.05) is 39.8 Å². The summed E-state index contributed by atoms with van der Waals surface area (Å²) in [6.07, 6.45) is 3.75. The van der Waals surface area contributed by atoms with Gasteiger partial charge >= 0.3 is 0 Å². The third kappa shape index (κ3) is 4.08. The molecule has 1 aliphatic carbocycles. The van der Waals surface area contributed by atoms with E-state index in [1.54, 1.807) is 0 Å². The number of anilines is 1. The molecule has 0 aliphatic heterocycles. The van der Waals surface area contributed by atoms with Gasteiger partial charge in [0.25, 0.3) is 11.8 Å². The van der Waals surface area contributed by atoms with Gasteiger partial charge in [-0.25, -0.2) is 0 Å². The molecule has 1 atom stereocenters. The molecule has 0 bridgehead atoms. The third-order valence-corrected chi connectivity index (χ3v) is 6.76. The zero-order chi connectivity index (χ0) is 19.8. The number of benzene rings is 1. The van der Waals surface area contributed by atoms with Crippen LogP contribution >= 0.6 is 11.3 Å². The second kappa shape index (κ2) is 7.47. The van der Waals surface area contributed by atoms with Gasteiger partial charge < -0.3 is 11.1 Å². The third-order valence-electron chi connectivity index (χ3n) is 5.59. The van der Waals surface area contributed by atoms with E-state index >= 15 is 0 Å². The van der Waals surface area contributed by atoms with E-state index in [-0.39, 0.29) is 11.3 Å². The van der Waals surface area contributed by atoms with E-state index in [0.29, 0.717) is 22.0 Å². The monoisotopic (exact) mass is 384 g/mol. The SMILES string of the molecule is CCc1ccc(C(=O)Nc2sc3c(c2C(N)=O)CC[C@@H](C(C)(C)C)C3)cc1. The van der Waals surface area contributed by atoms with Crippen molar-refractivity contribution in [3.8, 4) is 0 Å². The summed E-state index contributed by atoms with van der Waals surface area (Å²) in [5.41, 5.74) is 9.20. The molecule has 0 saturated heterocycles. The molecule has 27 heavy (non-hydrogen) atoms. The number of carbonyl (C=O) groups excluding carboxylic acids is 2. The van der Waals surface area contributed by atoms with Crippen LogP contribution in [0.1, 0.15) is 70.8 Å². The number of carbonyl (C=O) groups is 2. The molecule has 4 nitrogen and oxygen atoms in total. The highest BCUT2D eigenvalue weighted by Gasteiger charge is 2.33. The molecule has 1 aromatic carbocycles. The van der Waals surface area contributed by atoms with Crippen LogP contribution in [0, 0.1) is 11.3 Å². The van der Waals surface area contributed by atoms with Crippen molar-refractivity contribution in [3.05, 3.63) is 51.4 Å². The molecule has 0 spiro atoms. The minimum absolute atomic E-state index is 0.203. The maximum absolute atomic E-state index is 12.7. The quantitative estimate of drug-likeness (QED) is 0.794. The molecule has 1 aromatic heterocycles. The minimum atomic E-state index is -0.460. The molecule has 1 heterocycles. The summed E-state index contributed by atoms with van der Waals surface area (Å²) in [7, 11) is 0.